The fourth-order valence-corrected chi connectivity index (χ4v) is 1.88. The fraction of sp³-hybridized carbons (Fsp3) is 0.200. The Hall–Kier alpha value is -1.49. The Morgan fingerprint density at radius 3 is 2.44 bits per heavy atom. The average molecular weight is 246 g/mol. The molecule has 0 unspecified atom stereocenters. The van der Waals surface area contributed by atoms with Crippen molar-refractivity contribution in [2.24, 2.45) is 0 Å². The maximum absolute atomic E-state index is 13.4. The lowest BCUT2D eigenvalue weighted by molar-refractivity contribution is -0.121. The quantitative estimate of drug-likeness (QED) is 0.709. The Labute approximate surface area is 94.6 Å². The highest BCUT2D eigenvalue weighted by Gasteiger charge is 2.32. The molecular weight excluding hydrogens is 240 g/mol. The molecule has 0 N–H and O–H groups in total. The summed E-state index contributed by atoms with van der Waals surface area (Å²) in [7, 11) is 0. The second-order valence-electron chi connectivity index (χ2n) is 3.41. The van der Waals surface area contributed by atoms with Crippen LogP contribution in [-0.4, -0.2) is 18.2 Å². The lowest BCUT2D eigenvalue weighted by atomic mass is 10.2. The molecule has 2 rings (SSSR count). The molecule has 0 bridgehead atoms. The zero-order valence-corrected chi connectivity index (χ0v) is 8.72. The summed E-state index contributed by atoms with van der Waals surface area (Å²) in [6.07, 6.45) is -0.271. The van der Waals surface area contributed by atoms with Gasteiger partial charge in [-0.05, 0) is 6.07 Å². The number of hydrogen-bond acceptors (Lipinski definition) is 2. The monoisotopic (exact) mass is 245 g/mol. The van der Waals surface area contributed by atoms with Gasteiger partial charge in [-0.15, -0.1) is 0 Å². The molecule has 1 heterocycles. The standard InChI is InChI=1S/C10H6ClF2NO2/c11-7-1-5(12)2-8(13)10(7)14-4-6(15)3-9(14)16/h1-2H,3-4H2. The third-order valence-corrected chi connectivity index (χ3v) is 2.52. The number of ketones is 1. The van der Waals surface area contributed by atoms with Crippen LogP contribution in [0.15, 0.2) is 12.1 Å². The second kappa shape index (κ2) is 3.83. The normalized spacial score (nSPS) is 16.1. The molecule has 1 fully saturated rings. The van der Waals surface area contributed by atoms with Gasteiger partial charge in [0.25, 0.3) is 0 Å². The van der Waals surface area contributed by atoms with Gasteiger partial charge in [-0.25, -0.2) is 8.78 Å². The van der Waals surface area contributed by atoms with Crippen LogP contribution >= 0.6 is 11.6 Å². The number of amides is 1. The van der Waals surface area contributed by atoms with Gasteiger partial charge in [0.1, 0.15) is 5.82 Å². The van der Waals surface area contributed by atoms with E-state index >= 15 is 0 Å². The Morgan fingerprint density at radius 1 is 1.25 bits per heavy atom. The predicted molar refractivity (Wildman–Crippen MR) is 53.3 cm³/mol. The van der Waals surface area contributed by atoms with Gasteiger partial charge in [0.15, 0.2) is 11.6 Å². The zero-order chi connectivity index (χ0) is 11.9. The van der Waals surface area contributed by atoms with E-state index in [0.29, 0.717) is 6.07 Å². The van der Waals surface area contributed by atoms with Gasteiger partial charge in [-0.2, -0.15) is 0 Å². The minimum atomic E-state index is -0.951. The Kier molecular flexibility index (Phi) is 2.63. The van der Waals surface area contributed by atoms with Gasteiger partial charge in [-0.3, -0.25) is 9.59 Å². The molecule has 3 nitrogen and oxygen atoms in total. The van der Waals surface area contributed by atoms with E-state index in [2.05, 4.69) is 0 Å². The number of carbonyl (C=O) groups is 2. The van der Waals surface area contributed by atoms with Crippen molar-refractivity contribution in [2.75, 3.05) is 11.4 Å². The third kappa shape index (κ3) is 1.78. The summed E-state index contributed by atoms with van der Waals surface area (Å²) < 4.78 is 26.2. The van der Waals surface area contributed by atoms with Crippen LogP contribution in [0.1, 0.15) is 6.42 Å². The predicted octanol–water partition coefficient (Wildman–Crippen LogP) is 1.92. The maximum Gasteiger partial charge on any atom is 0.235 e. The van der Waals surface area contributed by atoms with Crippen LogP contribution in [0.5, 0.6) is 0 Å². The number of Topliss-reactive ketones (excluding diaryl/α,β-unsaturated/α-hetero) is 1. The SMILES string of the molecule is O=C1CC(=O)N(c2c(F)cc(F)cc2Cl)C1. The van der Waals surface area contributed by atoms with E-state index in [1.165, 1.54) is 0 Å². The van der Waals surface area contributed by atoms with E-state index in [1.807, 2.05) is 0 Å². The highest BCUT2D eigenvalue weighted by atomic mass is 35.5. The fourth-order valence-electron chi connectivity index (χ4n) is 1.58. The minimum Gasteiger partial charge on any atom is -0.301 e. The van der Waals surface area contributed by atoms with Crippen molar-refractivity contribution in [3.8, 4) is 0 Å². The van der Waals surface area contributed by atoms with E-state index < -0.39 is 17.5 Å². The maximum atomic E-state index is 13.4. The van der Waals surface area contributed by atoms with E-state index in [9.17, 15) is 18.4 Å². The molecule has 0 atom stereocenters. The van der Waals surface area contributed by atoms with Crippen LogP contribution in [0, 0.1) is 11.6 Å². The third-order valence-electron chi connectivity index (χ3n) is 2.24. The number of anilines is 1. The molecule has 84 valence electrons. The van der Waals surface area contributed by atoms with Crippen LogP contribution in [0.4, 0.5) is 14.5 Å². The molecule has 1 amide bonds. The van der Waals surface area contributed by atoms with E-state index in [0.717, 1.165) is 11.0 Å². The molecule has 0 aromatic heterocycles. The molecule has 16 heavy (non-hydrogen) atoms. The van der Waals surface area contributed by atoms with Crippen molar-refractivity contribution in [2.45, 2.75) is 6.42 Å². The molecule has 1 aromatic rings. The van der Waals surface area contributed by atoms with Crippen LogP contribution in [0.25, 0.3) is 0 Å². The van der Waals surface area contributed by atoms with Crippen molar-refractivity contribution in [1.29, 1.82) is 0 Å². The molecular formula is C10H6ClF2NO2. The van der Waals surface area contributed by atoms with Gasteiger partial charge >= 0.3 is 0 Å². The molecule has 0 saturated carbocycles. The van der Waals surface area contributed by atoms with Crippen LogP contribution in [0.3, 0.4) is 0 Å². The number of halogens is 3. The zero-order valence-electron chi connectivity index (χ0n) is 7.97. The van der Waals surface area contributed by atoms with Gasteiger partial charge in [0, 0.05) is 6.07 Å². The lowest BCUT2D eigenvalue weighted by Gasteiger charge is -2.17. The largest absolute Gasteiger partial charge is 0.301 e. The van der Waals surface area contributed by atoms with Crippen LogP contribution in [0.2, 0.25) is 5.02 Å². The van der Waals surface area contributed by atoms with Crippen LogP contribution < -0.4 is 4.90 Å². The molecule has 6 heteroatoms. The first-order valence-electron chi connectivity index (χ1n) is 4.45. The summed E-state index contributed by atoms with van der Waals surface area (Å²) in [4.78, 5) is 23.3. The second-order valence-corrected chi connectivity index (χ2v) is 3.82. The van der Waals surface area contributed by atoms with Crippen molar-refractivity contribution in [3.63, 3.8) is 0 Å². The number of rotatable bonds is 1. The van der Waals surface area contributed by atoms with Crippen molar-refractivity contribution in [3.05, 3.63) is 28.8 Å². The highest BCUT2D eigenvalue weighted by molar-refractivity contribution is 6.34. The Bertz CT molecular complexity index is 467. The van der Waals surface area contributed by atoms with Gasteiger partial charge in [0.05, 0.1) is 23.7 Å². The smallest absolute Gasteiger partial charge is 0.235 e. The molecule has 1 aliphatic rings. The molecule has 0 radical (unpaired) electrons. The van der Waals surface area contributed by atoms with Crippen molar-refractivity contribution in [1.82, 2.24) is 0 Å². The summed E-state index contributed by atoms with van der Waals surface area (Å²) in [5.41, 5.74) is -0.237. The Balaban J connectivity index is 2.48. The van der Waals surface area contributed by atoms with Gasteiger partial charge < -0.3 is 4.90 Å². The number of hydrogen-bond donors (Lipinski definition) is 0. The number of nitrogens with zero attached hydrogens (tertiary/aromatic N) is 1. The molecule has 1 aromatic carbocycles. The molecule has 0 spiro atoms. The Morgan fingerprint density at radius 2 is 1.94 bits per heavy atom. The lowest BCUT2D eigenvalue weighted by Crippen LogP contribution is -2.26. The number of carbonyl (C=O) groups excluding carboxylic acids is 2. The van der Waals surface area contributed by atoms with E-state index in [1.54, 1.807) is 0 Å². The van der Waals surface area contributed by atoms with Crippen molar-refractivity contribution >= 4 is 29.0 Å². The van der Waals surface area contributed by atoms with E-state index in [4.69, 9.17) is 11.6 Å². The number of benzene rings is 1. The summed E-state index contributed by atoms with van der Waals surface area (Å²) in [6, 6.07) is 1.52. The summed E-state index contributed by atoms with van der Waals surface area (Å²) >= 11 is 5.64. The first-order valence-corrected chi connectivity index (χ1v) is 4.83. The first-order chi connectivity index (χ1) is 7.49. The van der Waals surface area contributed by atoms with Crippen molar-refractivity contribution < 1.29 is 18.4 Å². The average Bonchev–Trinajstić information content (AvgIpc) is 2.43. The minimum absolute atomic E-state index is 0.221. The topological polar surface area (TPSA) is 37.4 Å². The van der Waals surface area contributed by atoms with Gasteiger partial charge in [0.2, 0.25) is 5.91 Å². The highest BCUT2D eigenvalue weighted by Crippen LogP contribution is 2.32. The molecule has 0 aliphatic carbocycles. The van der Waals surface area contributed by atoms with Crippen LogP contribution in [-0.2, 0) is 9.59 Å². The summed E-state index contributed by atoms with van der Waals surface area (Å²) in [5, 5.41) is -0.222. The molecule has 1 saturated heterocycles. The van der Waals surface area contributed by atoms with E-state index in [-0.39, 0.29) is 29.5 Å². The summed E-state index contributed by atoms with van der Waals surface area (Å²) in [5.74, 6) is -2.63. The molecule has 1 aliphatic heterocycles. The summed E-state index contributed by atoms with van der Waals surface area (Å²) in [6.45, 7) is -0.221. The van der Waals surface area contributed by atoms with Gasteiger partial charge in [-0.1, -0.05) is 11.6 Å². The first kappa shape index (κ1) is 11.0.